The molecule has 1 aliphatic heterocycles. The summed E-state index contributed by atoms with van der Waals surface area (Å²) < 4.78 is 0. The SMILES string of the molecule is Cc1nc(CC(=O)N2CCCCCC2c2ccncc2)cs1. The van der Waals surface area contributed by atoms with Gasteiger partial charge in [0.1, 0.15) is 0 Å². The third kappa shape index (κ3) is 3.53. The van der Waals surface area contributed by atoms with Gasteiger partial charge < -0.3 is 4.90 Å². The van der Waals surface area contributed by atoms with Crippen molar-refractivity contribution in [1.29, 1.82) is 0 Å². The van der Waals surface area contributed by atoms with Gasteiger partial charge in [-0.15, -0.1) is 11.3 Å². The number of aromatic nitrogens is 2. The van der Waals surface area contributed by atoms with Crippen LogP contribution < -0.4 is 0 Å². The molecule has 4 nitrogen and oxygen atoms in total. The quantitative estimate of drug-likeness (QED) is 0.870. The minimum Gasteiger partial charge on any atom is -0.335 e. The fraction of sp³-hybridized carbons (Fsp3) is 0.471. The van der Waals surface area contributed by atoms with Gasteiger partial charge in [-0.1, -0.05) is 12.8 Å². The minimum absolute atomic E-state index is 0.178. The molecular weight excluding hydrogens is 294 g/mol. The number of hydrogen-bond donors (Lipinski definition) is 0. The first-order valence-corrected chi connectivity index (χ1v) is 8.72. The van der Waals surface area contributed by atoms with Crippen molar-refractivity contribution < 1.29 is 4.79 Å². The van der Waals surface area contributed by atoms with Crippen molar-refractivity contribution >= 4 is 17.2 Å². The Morgan fingerprint density at radius 2 is 2.14 bits per heavy atom. The van der Waals surface area contributed by atoms with E-state index in [1.54, 1.807) is 11.3 Å². The summed E-state index contributed by atoms with van der Waals surface area (Å²) in [6, 6.07) is 4.24. The van der Waals surface area contributed by atoms with E-state index in [4.69, 9.17) is 0 Å². The zero-order chi connectivity index (χ0) is 15.4. The van der Waals surface area contributed by atoms with Gasteiger partial charge in [-0.05, 0) is 37.5 Å². The lowest BCUT2D eigenvalue weighted by Crippen LogP contribution is -2.36. The summed E-state index contributed by atoms with van der Waals surface area (Å²) in [6.45, 7) is 2.82. The zero-order valence-electron chi connectivity index (χ0n) is 12.9. The normalized spacial score (nSPS) is 19.0. The fourth-order valence-corrected chi connectivity index (χ4v) is 3.70. The summed E-state index contributed by atoms with van der Waals surface area (Å²) in [4.78, 5) is 23.4. The first-order valence-electron chi connectivity index (χ1n) is 7.84. The Morgan fingerprint density at radius 1 is 1.32 bits per heavy atom. The van der Waals surface area contributed by atoms with Crippen LogP contribution in [0.25, 0.3) is 0 Å². The molecular formula is C17H21N3OS. The molecule has 1 atom stereocenters. The van der Waals surface area contributed by atoms with E-state index in [0.29, 0.717) is 6.42 Å². The standard InChI is InChI=1S/C17H21N3OS/c1-13-19-15(12-22-13)11-17(21)20-10-4-2-3-5-16(20)14-6-8-18-9-7-14/h6-9,12,16H,2-5,10-11H2,1H3. The molecule has 3 rings (SSSR count). The second-order valence-electron chi connectivity index (χ2n) is 5.77. The number of nitrogens with zero attached hydrogens (tertiary/aromatic N) is 3. The third-order valence-corrected chi connectivity index (χ3v) is 4.99. The summed E-state index contributed by atoms with van der Waals surface area (Å²) in [5.74, 6) is 0.189. The summed E-state index contributed by atoms with van der Waals surface area (Å²) in [6.07, 6.45) is 8.52. The lowest BCUT2D eigenvalue weighted by molar-refractivity contribution is -0.133. The number of pyridine rings is 1. The lowest BCUT2D eigenvalue weighted by Gasteiger charge is -2.30. The molecule has 0 bridgehead atoms. The van der Waals surface area contributed by atoms with Gasteiger partial charge in [0.25, 0.3) is 0 Å². The number of amides is 1. The molecule has 1 amide bonds. The Hall–Kier alpha value is -1.75. The Labute approximate surface area is 135 Å². The van der Waals surface area contributed by atoms with Crippen molar-refractivity contribution in [3.63, 3.8) is 0 Å². The highest BCUT2D eigenvalue weighted by molar-refractivity contribution is 7.09. The molecule has 1 aliphatic rings. The van der Waals surface area contributed by atoms with Crippen LogP contribution in [0, 0.1) is 6.92 Å². The molecule has 22 heavy (non-hydrogen) atoms. The van der Waals surface area contributed by atoms with Crippen molar-refractivity contribution in [2.75, 3.05) is 6.54 Å². The van der Waals surface area contributed by atoms with Crippen LogP contribution in [0.2, 0.25) is 0 Å². The predicted molar refractivity (Wildman–Crippen MR) is 87.7 cm³/mol. The van der Waals surface area contributed by atoms with Crippen LogP contribution in [-0.2, 0) is 11.2 Å². The largest absolute Gasteiger partial charge is 0.335 e. The van der Waals surface area contributed by atoms with Crippen molar-refractivity contribution in [1.82, 2.24) is 14.9 Å². The summed E-state index contributed by atoms with van der Waals surface area (Å²) in [5, 5.41) is 3.01. The second kappa shape index (κ2) is 7.01. The van der Waals surface area contributed by atoms with Crippen molar-refractivity contribution in [3.05, 3.63) is 46.2 Å². The van der Waals surface area contributed by atoms with Crippen LogP contribution in [-0.4, -0.2) is 27.3 Å². The number of carbonyl (C=O) groups excluding carboxylic acids is 1. The molecule has 0 saturated carbocycles. The number of aryl methyl sites for hydroxylation is 1. The van der Waals surface area contributed by atoms with Crippen LogP contribution in [0.4, 0.5) is 0 Å². The summed E-state index contributed by atoms with van der Waals surface area (Å²) in [5.41, 5.74) is 2.09. The first-order chi connectivity index (χ1) is 10.7. The number of rotatable bonds is 3. The monoisotopic (exact) mass is 315 g/mol. The minimum atomic E-state index is 0.178. The molecule has 1 saturated heterocycles. The van der Waals surface area contributed by atoms with Crippen LogP contribution >= 0.6 is 11.3 Å². The maximum Gasteiger partial charge on any atom is 0.229 e. The predicted octanol–water partition coefficient (Wildman–Crippen LogP) is 3.53. The Balaban J connectivity index is 1.79. The van der Waals surface area contributed by atoms with Gasteiger partial charge in [0.05, 0.1) is 23.2 Å². The van der Waals surface area contributed by atoms with Gasteiger partial charge in [0, 0.05) is 24.3 Å². The van der Waals surface area contributed by atoms with E-state index in [1.807, 2.05) is 36.8 Å². The fourth-order valence-electron chi connectivity index (χ4n) is 3.08. The van der Waals surface area contributed by atoms with Crippen molar-refractivity contribution in [2.45, 2.75) is 45.1 Å². The van der Waals surface area contributed by atoms with E-state index in [9.17, 15) is 4.79 Å². The topological polar surface area (TPSA) is 46.1 Å². The highest BCUT2D eigenvalue weighted by Crippen LogP contribution is 2.30. The molecule has 3 heterocycles. The summed E-state index contributed by atoms with van der Waals surface area (Å²) in [7, 11) is 0. The maximum atomic E-state index is 12.8. The van der Waals surface area contributed by atoms with Crippen LogP contribution in [0.3, 0.4) is 0 Å². The average Bonchev–Trinajstić information content (AvgIpc) is 2.80. The molecule has 5 heteroatoms. The van der Waals surface area contributed by atoms with Gasteiger partial charge in [-0.3, -0.25) is 9.78 Å². The number of hydrogen-bond acceptors (Lipinski definition) is 4. The third-order valence-electron chi connectivity index (χ3n) is 4.16. The van der Waals surface area contributed by atoms with Gasteiger partial charge >= 0.3 is 0 Å². The number of likely N-dealkylation sites (tertiary alicyclic amines) is 1. The average molecular weight is 315 g/mol. The molecule has 116 valence electrons. The molecule has 0 spiro atoms. The van der Waals surface area contributed by atoms with E-state index >= 15 is 0 Å². The van der Waals surface area contributed by atoms with Gasteiger partial charge in [0.15, 0.2) is 0 Å². The Morgan fingerprint density at radius 3 is 2.86 bits per heavy atom. The van der Waals surface area contributed by atoms with Gasteiger partial charge in [-0.25, -0.2) is 4.98 Å². The lowest BCUT2D eigenvalue weighted by atomic mass is 10.0. The van der Waals surface area contributed by atoms with Crippen molar-refractivity contribution in [2.24, 2.45) is 0 Å². The van der Waals surface area contributed by atoms with Crippen molar-refractivity contribution in [3.8, 4) is 0 Å². The van der Waals surface area contributed by atoms with E-state index in [2.05, 4.69) is 14.9 Å². The molecule has 1 unspecified atom stereocenters. The Kier molecular flexibility index (Phi) is 4.83. The number of thiazole rings is 1. The number of carbonyl (C=O) groups is 1. The van der Waals surface area contributed by atoms with Crippen LogP contribution in [0.1, 0.15) is 48.0 Å². The maximum absolute atomic E-state index is 12.8. The second-order valence-corrected chi connectivity index (χ2v) is 6.83. The summed E-state index contributed by atoms with van der Waals surface area (Å²) >= 11 is 1.60. The first kappa shape index (κ1) is 15.2. The van der Waals surface area contributed by atoms with E-state index in [0.717, 1.165) is 30.1 Å². The molecule has 2 aromatic heterocycles. The van der Waals surface area contributed by atoms with Gasteiger partial charge in [-0.2, -0.15) is 0 Å². The van der Waals surface area contributed by atoms with E-state index < -0.39 is 0 Å². The molecule has 0 radical (unpaired) electrons. The smallest absolute Gasteiger partial charge is 0.229 e. The highest BCUT2D eigenvalue weighted by atomic mass is 32.1. The molecule has 1 fully saturated rings. The van der Waals surface area contributed by atoms with Crippen LogP contribution in [0.5, 0.6) is 0 Å². The van der Waals surface area contributed by atoms with E-state index in [1.165, 1.54) is 18.4 Å². The van der Waals surface area contributed by atoms with E-state index in [-0.39, 0.29) is 11.9 Å². The van der Waals surface area contributed by atoms with Gasteiger partial charge in [0.2, 0.25) is 5.91 Å². The molecule has 0 aromatic carbocycles. The zero-order valence-corrected chi connectivity index (χ0v) is 13.7. The molecule has 0 N–H and O–H groups in total. The van der Waals surface area contributed by atoms with Crippen LogP contribution in [0.15, 0.2) is 29.9 Å². The molecule has 2 aromatic rings. The highest BCUT2D eigenvalue weighted by Gasteiger charge is 2.27. The molecule has 0 aliphatic carbocycles. The Bertz CT molecular complexity index is 626.